The third-order valence-corrected chi connectivity index (χ3v) is 3.35. The van der Waals surface area contributed by atoms with Crippen molar-refractivity contribution in [2.45, 2.75) is 12.8 Å². The molecule has 0 bridgehead atoms. The van der Waals surface area contributed by atoms with Gasteiger partial charge in [-0.3, -0.25) is 9.78 Å². The summed E-state index contributed by atoms with van der Waals surface area (Å²) in [6.07, 6.45) is 5.09. The van der Waals surface area contributed by atoms with E-state index in [1.807, 2.05) is 30.3 Å². The number of aromatic nitrogens is 1. The number of pyridine rings is 1. The first kappa shape index (κ1) is 21.7. The van der Waals surface area contributed by atoms with Gasteiger partial charge < -0.3 is 11.1 Å². The second kappa shape index (κ2) is 11.2. The molecule has 0 atom stereocenters. The maximum Gasteiger partial charge on any atom is 0.252 e. The monoisotopic (exact) mass is 375 g/mol. The lowest BCUT2D eigenvalue weighted by Crippen LogP contribution is -2.25. The Bertz CT molecular complexity index is 606. The van der Waals surface area contributed by atoms with Crippen LogP contribution in [-0.2, 0) is 0 Å². The van der Waals surface area contributed by atoms with Crippen LogP contribution >= 0.6 is 36.4 Å². The molecule has 1 amide bonds. The van der Waals surface area contributed by atoms with Gasteiger partial charge in [0.2, 0.25) is 0 Å². The molecule has 0 radical (unpaired) electrons. The number of halogens is 3. The molecule has 23 heavy (non-hydrogen) atoms. The largest absolute Gasteiger partial charge is 0.352 e. The second-order valence-corrected chi connectivity index (χ2v) is 5.16. The van der Waals surface area contributed by atoms with Crippen LogP contribution in [0.5, 0.6) is 0 Å². The lowest BCUT2D eigenvalue weighted by Gasteiger charge is -2.06. The fraction of sp³-hybridized carbons (Fsp3) is 0.250. The summed E-state index contributed by atoms with van der Waals surface area (Å²) in [4.78, 5) is 16.2. The quantitative estimate of drug-likeness (QED) is 0.755. The van der Waals surface area contributed by atoms with Gasteiger partial charge in [0.1, 0.15) is 0 Å². The van der Waals surface area contributed by atoms with Crippen LogP contribution in [0.1, 0.15) is 23.2 Å². The van der Waals surface area contributed by atoms with Gasteiger partial charge >= 0.3 is 0 Å². The van der Waals surface area contributed by atoms with Crippen LogP contribution in [-0.4, -0.2) is 24.0 Å². The Hall–Kier alpha value is -1.33. The SMILES string of the molecule is Cl.Cl.NCCCCNC(=O)c1cncc(-c2ccc(Cl)cc2)c1. The highest BCUT2D eigenvalue weighted by atomic mass is 35.5. The first-order valence-corrected chi connectivity index (χ1v) is 7.28. The van der Waals surface area contributed by atoms with Crippen molar-refractivity contribution in [3.05, 3.63) is 53.3 Å². The molecule has 7 heteroatoms. The van der Waals surface area contributed by atoms with Gasteiger partial charge in [-0.1, -0.05) is 23.7 Å². The van der Waals surface area contributed by atoms with Crippen LogP contribution in [0.2, 0.25) is 5.02 Å². The number of hydrogen-bond acceptors (Lipinski definition) is 3. The van der Waals surface area contributed by atoms with E-state index in [9.17, 15) is 4.79 Å². The van der Waals surface area contributed by atoms with Gasteiger partial charge in [0.15, 0.2) is 0 Å². The minimum absolute atomic E-state index is 0. The van der Waals surface area contributed by atoms with Crippen molar-refractivity contribution < 1.29 is 4.79 Å². The zero-order chi connectivity index (χ0) is 15.1. The summed E-state index contributed by atoms with van der Waals surface area (Å²) in [5, 5.41) is 3.55. The van der Waals surface area contributed by atoms with Gasteiger partial charge in [-0.15, -0.1) is 24.8 Å². The molecule has 1 aromatic carbocycles. The van der Waals surface area contributed by atoms with Crippen molar-refractivity contribution in [1.29, 1.82) is 0 Å². The molecule has 1 heterocycles. The molecule has 0 aliphatic rings. The summed E-state index contributed by atoms with van der Waals surface area (Å²) in [6.45, 7) is 1.27. The molecule has 126 valence electrons. The smallest absolute Gasteiger partial charge is 0.252 e. The summed E-state index contributed by atoms with van der Waals surface area (Å²) in [5.74, 6) is -0.115. The fourth-order valence-corrected chi connectivity index (χ4v) is 2.06. The van der Waals surface area contributed by atoms with Crippen LogP contribution < -0.4 is 11.1 Å². The molecule has 0 spiro atoms. The third-order valence-electron chi connectivity index (χ3n) is 3.09. The molecule has 0 aliphatic heterocycles. The highest BCUT2D eigenvalue weighted by Crippen LogP contribution is 2.21. The minimum Gasteiger partial charge on any atom is -0.352 e. The lowest BCUT2D eigenvalue weighted by atomic mass is 10.1. The van der Waals surface area contributed by atoms with Gasteiger partial charge in [-0.2, -0.15) is 0 Å². The van der Waals surface area contributed by atoms with E-state index in [1.165, 1.54) is 0 Å². The number of unbranched alkanes of at least 4 members (excludes halogenated alkanes) is 1. The summed E-state index contributed by atoms with van der Waals surface area (Å²) in [7, 11) is 0. The van der Waals surface area contributed by atoms with Crippen molar-refractivity contribution in [2.75, 3.05) is 13.1 Å². The molecule has 0 saturated carbocycles. The molecule has 3 N–H and O–H groups in total. The highest BCUT2D eigenvalue weighted by Gasteiger charge is 2.07. The van der Waals surface area contributed by atoms with E-state index in [1.54, 1.807) is 12.4 Å². The second-order valence-electron chi connectivity index (χ2n) is 4.72. The van der Waals surface area contributed by atoms with Crippen LogP contribution in [0.15, 0.2) is 42.7 Å². The first-order valence-electron chi connectivity index (χ1n) is 6.90. The number of nitrogens with one attached hydrogen (secondary N) is 1. The van der Waals surface area contributed by atoms with Gasteiger partial charge in [0, 0.05) is 29.5 Å². The summed E-state index contributed by atoms with van der Waals surface area (Å²) >= 11 is 5.88. The lowest BCUT2D eigenvalue weighted by molar-refractivity contribution is 0.0952. The van der Waals surface area contributed by atoms with E-state index < -0.39 is 0 Å². The summed E-state index contributed by atoms with van der Waals surface area (Å²) in [5.41, 5.74) is 7.84. The number of nitrogens with zero attached hydrogens (tertiary/aromatic N) is 1. The third kappa shape index (κ3) is 6.75. The van der Waals surface area contributed by atoms with E-state index in [-0.39, 0.29) is 30.7 Å². The van der Waals surface area contributed by atoms with Crippen molar-refractivity contribution in [3.8, 4) is 11.1 Å². The number of carbonyl (C=O) groups excluding carboxylic acids is 1. The first-order chi connectivity index (χ1) is 10.2. The molecule has 2 aromatic rings. The molecule has 2 rings (SSSR count). The predicted octanol–water partition coefficient (Wildman–Crippen LogP) is 3.71. The number of amides is 1. The molecular weight excluding hydrogens is 357 g/mol. The van der Waals surface area contributed by atoms with Crippen molar-refractivity contribution >= 4 is 42.3 Å². The van der Waals surface area contributed by atoms with E-state index in [4.69, 9.17) is 17.3 Å². The van der Waals surface area contributed by atoms with Gasteiger partial charge in [-0.25, -0.2) is 0 Å². The van der Waals surface area contributed by atoms with Gasteiger partial charge in [0.05, 0.1) is 5.56 Å². The zero-order valence-electron chi connectivity index (χ0n) is 12.5. The number of rotatable bonds is 6. The number of benzene rings is 1. The average molecular weight is 377 g/mol. The van der Waals surface area contributed by atoms with E-state index in [2.05, 4.69) is 10.3 Å². The van der Waals surface area contributed by atoms with E-state index in [0.717, 1.165) is 24.0 Å². The molecule has 0 unspecified atom stereocenters. The van der Waals surface area contributed by atoms with Gasteiger partial charge in [0.25, 0.3) is 5.91 Å². The van der Waals surface area contributed by atoms with Crippen LogP contribution in [0.3, 0.4) is 0 Å². The maximum atomic E-state index is 12.0. The Labute approximate surface area is 153 Å². The minimum atomic E-state index is -0.115. The highest BCUT2D eigenvalue weighted by molar-refractivity contribution is 6.30. The Morgan fingerprint density at radius 1 is 1.09 bits per heavy atom. The normalized spacial score (nSPS) is 9.48. The predicted molar refractivity (Wildman–Crippen MR) is 99.8 cm³/mol. The molecule has 0 saturated heterocycles. The molecule has 0 aliphatic carbocycles. The molecule has 4 nitrogen and oxygen atoms in total. The van der Waals surface area contributed by atoms with Crippen molar-refractivity contribution in [2.24, 2.45) is 5.73 Å². The van der Waals surface area contributed by atoms with Crippen LogP contribution in [0.25, 0.3) is 11.1 Å². The standard InChI is InChI=1S/C16H18ClN3O.2ClH/c17-15-5-3-12(4-6-15)13-9-14(11-19-10-13)16(21)20-8-2-1-7-18;;/h3-6,9-11H,1-2,7-8,18H2,(H,20,21);2*1H. The summed E-state index contributed by atoms with van der Waals surface area (Å²) in [6, 6.07) is 9.27. The Morgan fingerprint density at radius 3 is 2.43 bits per heavy atom. The zero-order valence-corrected chi connectivity index (χ0v) is 14.9. The molecular formula is C16H20Cl3N3O. The maximum absolute atomic E-state index is 12.0. The van der Waals surface area contributed by atoms with Crippen molar-refractivity contribution in [1.82, 2.24) is 10.3 Å². The summed E-state index contributed by atoms with van der Waals surface area (Å²) < 4.78 is 0. The van der Waals surface area contributed by atoms with Crippen LogP contribution in [0, 0.1) is 0 Å². The molecule has 0 fully saturated rings. The molecule has 1 aromatic heterocycles. The fourth-order valence-electron chi connectivity index (χ4n) is 1.94. The Balaban J connectivity index is 0.00000242. The Morgan fingerprint density at radius 2 is 1.78 bits per heavy atom. The number of hydrogen-bond donors (Lipinski definition) is 2. The number of carbonyl (C=O) groups is 1. The number of nitrogens with two attached hydrogens (primary N) is 1. The van der Waals surface area contributed by atoms with Gasteiger partial charge in [-0.05, 0) is 43.1 Å². The van der Waals surface area contributed by atoms with E-state index in [0.29, 0.717) is 23.7 Å². The topological polar surface area (TPSA) is 68.0 Å². The van der Waals surface area contributed by atoms with E-state index >= 15 is 0 Å². The average Bonchev–Trinajstić information content (AvgIpc) is 2.52. The van der Waals surface area contributed by atoms with Crippen molar-refractivity contribution in [3.63, 3.8) is 0 Å². The Kier molecular flexibility index (Phi) is 10.6. The van der Waals surface area contributed by atoms with Crippen LogP contribution in [0.4, 0.5) is 0 Å².